The molecule has 2 aromatic heterocycles. The smallest absolute Gasteiger partial charge is 0.253 e. The highest BCUT2D eigenvalue weighted by atomic mass is 32.1. The zero-order valence-electron chi connectivity index (χ0n) is 15.7. The monoisotopic (exact) mass is 398 g/mol. The molecule has 1 amide bonds. The van der Waals surface area contributed by atoms with Crippen LogP contribution in [0.4, 0.5) is 0 Å². The van der Waals surface area contributed by atoms with Crippen molar-refractivity contribution in [2.75, 3.05) is 32.8 Å². The summed E-state index contributed by atoms with van der Waals surface area (Å²) in [6, 6.07) is 11.3. The van der Waals surface area contributed by atoms with Gasteiger partial charge in [0.05, 0.1) is 18.0 Å². The molecule has 28 heavy (non-hydrogen) atoms. The molecule has 3 heterocycles. The number of hydrogen-bond acceptors (Lipinski definition) is 7. The summed E-state index contributed by atoms with van der Waals surface area (Å²) < 4.78 is 10.8. The first-order valence-corrected chi connectivity index (χ1v) is 10.2. The van der Waals surface area contributed by atoms with Gasteiger partial charge >= 0.3 is 0 Å². The largest absolute Gasteiger partial charge is 0.494 e. The van der Waals surface area contributed by atoms with E-state index < -0.39 is 0 Å². The van der Waals surface area contributed by atoms with E-state index in [-0.39, 0.29) is 5.91 Å². The third kappa shape index (κ3) is 4.23. The molecule has 0 bridgehead atoms. The van der Waals surface area contributed by atoms with E-state index in [1.807, 2.05) is 53.6 Å². The van der Waals surface area contributed by atoms with Gasteiger partial charge in [-0.3, -0.25) is 9.69 Å². The molecule has 1 fully saturated rings. The van der Waals surface area contributed by atoms with E-state index in [0.29, 0.717) is 43.5 Å². The Bertz CT molecular complexity index is 900. The van der Waals surface area contributed by atoms with Crippen LogP contribution in [0.2, 0.25) is 0 Å². The van der Waals surface area contributed by atoms with Crippen LogP contribution in [0.5, 0.6) is 5.75 Å². The normalized spacial score (nSPS) is 15.0. The molecule has 1 aromatic carbocycles. The molecule has 7 nitrogen and oxygen atoms in total. The molecule has 0 atom stereocenters. The van der Waals surface area contributed by atoms with Crippen molar-refractivity contribution >= 4 is 17.2 Å². The number of rotatable bonds is 6. The number of carbonyl (C=O) groups is 1. The van der Waals surface area contributed by atoms with Crippen LogP contribution >= 0.6 is 11.3 Å². The number of ether oxygens (including phenoxy) is 1. The Balaban J connectivity index is 1.30. The lowest BCUT2D eigenvalue weighted by molar-refractivity contribution is 0.0615. The van der Waals surface area contributed by atoms with Gasteiger partial charge in [-0.15, -0.1) is 11.3 Å². The number of thiophene rings is 1. The molecule has 0 saturated carbocycles. The van der Waals surface area contributed by atoms with Crippen LogP contribution in [0.3, 0.4) is 0 Å². The summed E-state index contributed by atoms with van der Waals surface area (Å²) in [5.41, 5.74) is 0.689. The third-order valence-corrected chi connectivity index (χ3v) is 5.51. The zero-order chi connectivity index (χ0) is 19.3. The molecule has 1 aliphatic rings. The predicted octanol–water partition coefficient (Wildman–Crippen LogP) is 3.15. The van der Waals surface area contributed by atoms with E-state index in [4.69, 9.17) is 9.26 Å². The van der Waals surface area contributed by atoms with Gasteiger partial charge in [0.1, 0.15) is 5.75 Å². The van der Waals surface area contributed by atoms with Gasteiger partial charge in [0.15, 0.2) is 0 Å². The van der Waals surface area contributed by atoms with Crippen LogP contribution in [0, 0.1) is 0 Å². The maximum atomic E-state index is 12.7. The van der Waals surface area contributed by atoms with Gasteiger partial charge in [-0.25, -0.2) is 0 Å². The summed E-state index contributed by atoms with van der Waals surface area (Å²) in [5.74, 6) is 2.08. The molecule has 0 N–H and O–H groups in total. The van der Waals surface area contributed by atoms with Crippen LogP contribution in [0.15, 0.2) is 46.3 Å². The Morgan fingerprint density at radius 3 is 2.64 bits per heavy atom. The summed E-state index contributed by atoms with van der Waals surface area (Å²) in [4.78, 5) is 22.3. The molecule has 0 radical (unpaired) electrons. The van der Waals surface area contributed by atoms with Crippen molar-refractivity contribution in [2.24, 2.45) is 0 Å². The molecule has 1 aliphatic heterocycles. The van der Waals surface area contributed by atoms with Crippen molar-refractivity contribution in [2.45, 2.75) is 13.5 Å². The van der Waals surface area contributed by atoms with Crippen molar-refractivity contribution in [1.29, 1.82) is 0 Å². The average molecular weight is 398 g/mol. The second-order valence-corrected chi connectivity index (χ2v) is 7.46. The fourth-order valence-corrected chi connectivity index (χ4v) is 3.82. The summed E-state index contributed by atoms with van der Waals surface area (Å²) in [7, 11) is 0. The minimum atomic E-state index is 0.0560. The number of carbonyl (C=O) groups excluding carboxylic acids is 1. The molecule has 0 unspecified atom stereocenters. The predicted molar refractivity (Wildman–Crippen MR) is 106 cm³/mol. The fraction of sp³-hybridized carbons (Fsp3) is 0.350. The lowest BCUT2D eigenvalue weighted by Crippen LogP contribution is -2.48. The second kappa shape index (κ2) is 8.53. The lowest BCUT2D eigenvalue weighted by atomic mass is 10.1. The summed E-state index contributed by atoms with van der Waals surface area (Å²) in [5, 5.41) is 6.04. The van der Waals surface area contributed by atoms with E-state index in [1.54, 1.807) is 11.3 Å². The minimum absolute atomic E-state index is 0.0560. The number of piperazine rings is 1. The maximum absolute atomic E-state index is 12.7. The van der Waals surface area contributed by atoms with Crippen LogP contribution < -0.4 is 4.74 Å². The molecule has 146 valence electrons. The summed E-state index contributed by atoms with van der Waals surface area (Å²) in [6.45, 7) is 6.07. The van der Waals surface area contributed by atoms with Gasteiger partial charge in [-0.05, 0) is 42.6 Å². The van der Waals surface area contributed by atoms with Gasteiger partial charge in [-0.1, -0.05) is 11.2 Å². The Hall–Kier alpha value is -2.71. The Labute approximate surface area is 167 Å². The van der Waals surface area contributed by atoms with Crippen LogP contribution in [0.25, 0.3) is 10.7 Å². The van der Waals surface area contributed by atoms with Gasteiger partial charge in [0, 0.05) is 31.7 Å². The molecular formula is C20H22N4O3S. The Kier molecular flexibility index (Phi) is 5.68. The third-order valence-electron chi connectivity index (χ3n) is 4.64. The Morgan fingerprint density at radius 2 is 1.96 bits per heavy atom. The molecule has 1 saturated heterocycles. The van der Waals surface area contributed by atoms with Gasteiger partial charge < -0.3 is 14.2 Å². The molecule has 3 aromatic rings. The lowest BCUT2D eigenvalue weighted by Gasteiger charge is -2.34. The van der Waals surface area contributed by atoms with Crippen molar-refractivity contribution in [3.63, 3.8) is 0 Å². The first-order chi connectivity index (χ1) is 13.7. The second-order valence-electron chi connectivity index (χ2n) is 6.51. The summed E-state index contributed by atoms with van der Waals surface area (Å²) >= 11 is 1.59. The van der Waals surface area contributed by atoms with E-state index in [2.05, 4.69) is 15.0 Å². The maximum Gasteiger partial charge on any atom is 0.253 e. The highest BCUT2D eigenvalue weighted by Crippen LogP contribution is 2.22. The topological polar surface area (TPSA) is 71.7 Å². The SMILES string of the molecule is CCOc1ccc(C(=O)N2CCN(Cc3nc(-c4cccs4)no3)CC2)cc1. The average Bonchev–Trinajstić information content (AvgIpc) is 3.41. The highest BCUT2D eigenvalue weighted by molar-refractivity contribution is 7.13. The molecule has 8 heteroatoms. The van der Waals surface area contributed by atoms with Gasteiger partial charge in [0.2, 0.25) is 11.7 Å². The standard InChI is InChI=1S/C20H22N4O3S/c1-2-26-16-7-5-15(6-8-16)20(25)24-11-9-23(10-12-24)14-18-21-19(22-27-18)17-4-3-13-28-17/h3-8,13H,2,9-12,14H2,1H3. The number of hydrogen-bond donors (Lipinski definition) is 0. The van der Waals surface area contributed by atoms with Crippen molar-refractivity contribution in [3.05, 3.63) is 53.2 Å². The highest BCUT2D eigenvalue weighted by Gasteiger charge is 2.23. The van der Waals surface area contributed by atoms with E-state index in [0.717, 1.165) is 23.7 Å². The van der Waals surface area contributed by atoms with Crippen LogP contribution in [-0.2, 0) is 6.54 Å². The van der Waals surface area contributed by atoms with Crippen molar-refractivity contribution in [3.8, 4) is 16.5 Å². The number of aromatic nitrogens is 2. The molecule has 4 rings (SSSR count). The fourth-order valence-electron chi connectivity index (χ4n) is 3.17. The number of nitrogens with zero attached hydrogens (tertiary/aromatic N) is 4. The van der Waals surface area contributed by atoms with Crippen LogP contribution in [-0.4, -0.2) is 58.6 Å². The molecule has 0 spiro atoms. The van der Waals surface area contributed by atoms with Crippen LogP contribution in [0.1, 0.15) is 23.2 Å². The van der Waals surface area contributed by atoms with Crippen molar-refractivity contribution < 1.29 is 14.1 Å². The molecule has 0 aliphatic carbocycles. The van der Waals surface area contributed by atoms with Gasteiger partial charge in [-0.2, -0.15) is 4.98 Å². The first kappa shape index (κ1) is 18.6. The quantitative estimate of drug-likeness (QED) is 0.635. The summed E-state index contributed by atoms with van der Waals surface area (Å²) in [6.07, 6.45) is 0. The van der Waals surface area contributed by atoms with Crippen molar-refractivity contribution in [1.82, 2.24) is 19.9 Å². The van der Waals surface area contributed by atoms with E-state index >= 15 is 0 Å². The zero-order valence-corrected chi connectivity index (χ0v) is 16.5. The van der Waals surface area contributed by atoms with Gasteiger partial charge in [0.25, 0.3) is 5.91 Å². The minimum Gasteiger partial charge on any atom is -0.494 e. The number of benzene rings is 1. The first-order valence-electron chi connectivity index (χ1n) is 9.34. The van der Waals surface area contributed by atoms with E-state index in [1.165, 1.54) is 0 Å². The molecular weight excluding hydrogens is 376 g/mol. The van der Waals surface area contributed by atoms with E-state index in [9.17, 15) is 4.79 Å². The Morgan fingerprint density at radius 1 is 1.18 bits per heavy atom. The number of amides is 1.